The number of morpholine rings is 1. The van der Waals surface area contributed by atoms with Crippen LogP contribution in [0, 0.1) is 13.8 Å². The molecular formula is C22H29N3O2S. The summed E-state index contributed by atoms with van der Waals surface area (Å²) in [5.41, 5.74) is 4.69. The van der Waals surface area contributed by atoms with Crippen LogP contribution in [0.4, 0.5) is 5.69 Å². The van der Waals surface area contributed by atoms with Crippen molar-refractivity contribution in [3.8, 4) is 5.75 Å². The van der Waals surface area contributed by atoms with Gasteiger partial charge in [-0.1, -0.05) is 18.2 Å². The van der Waals surface area contributed by atoms with E-state index in [4.69, 9.17) is 21.7 Å². The van der Waals surface area contributed by atoms with Gasteiger partial charge >= 0.3 is 0 Å². The Morgan fingerprint density at radius 2 is 1.75 bits per heavy atom. The number of ether oxygens (including phenoxy) is 2. The molecule has 28 heavy (non-hydrogen) atoms. The summed E-state index contributed by atoms with van der Waals surface area (Å²) in [6, 6.07) is 14.8. The van der Waals surface area contributed by atoms with Crippen LogP contribution in [0.2, 0.25) is 0 Å². The molecule has 3 rings (SSSR count). The predicted molar refractivity (Wildman–Crippen MR) is 118 cm³/mol. The number of hydrogen-bond donors (Lipinski definition) is 2. The number of anilines is 1. The minimum Gasteiger partial charge on any atom is -0.497 e. The summed E-state index contributed by atoms with van der Waals surface area (Å²) < 4.78 is 10.8. The molecule has 0 radical (unpaired) electrons. The molecule has 0 aromatic heterocycles. The molecule has 0 amide bonds. The first-order valence-corrected chi connectivity index (χ1v) is 10.0. The molecule has 6 heteroatoms. The highest BCUT2D eigenvalue weighted by Gasteiger charge is 2.23. The number of thiocarbonyl (C=S) groups is 1. The minimum atomic E-state index is 0.216. The van der Waals surface area contributed by atoms with Gasteiger partial charge in [-0.05, 0) is 67.0 Å². The number of methoxy groups -OCH3 is 1. The molecule has 1 aliphatic rings. The lowest BCUT2D eigenvalue weighted by Crippen LogP contribution is -2.44. The summed E-state index contributed by atoms with van der Waals surface area (Å²) in [4.78, 5) is 2.44. The van der Waals surface area contributed by atoms with Crippen molar-refractivity contribution in [3.63, 3.8) is 0 Å². The number of rotatable bonds is 6. The van der Waals surface area contributed by atoms with Crippen molar-refractivity contribution in [3.05, 3.63) is 59.2 Å². The van der Waals surface area contributed by atoms with Crippen LogP contribution in [-0.2, 0) is 4.74 Å². The SMILES string of the molecule is COc1ccc([C@@H](CNC(=S)Nc2cc(C)cc(C)c2)N2CCOCC2)cc1. The van der Waals surface area contributed by atoms with Gasteiger partial charge in [0, 0.05) is 25.3 Å². The highest BCUT2D eigenvalue weighted by atomic mass is 32.1. The highest BCUT2D eigenvalue weighted by Crippen LogP contribution is 2.24. The predicted octanol–water partition coefficient (Wildman–Crippen LogP) is 3.67. The molecule has 0 aliphatic carbocycles. The second kappa shape index (κ2) is 9.87. The number of benzene rings is 2. The first kappa shape index (κ1) is 20.6. The molecule has 2 aromatic rings. The summed E-state index contributed by atoms with van der Waals surface area (Å²) in [6.07, 6.45) is 0. The van der Waals surface area contributed by atoms with E-state index in [0.717, 1.165) is 44.3 Å². The maximum Gasteiger partial charge on any atom is 0.170 e. The van der Waals surface area contributed by atoms with E-state index < -0.39 is 0 Å². The van der Waals surface area contributed by atoms with E-state index in [1.54, 1.807) is 7.11 Å². The highest BCUT2D eigenvalue weighted by molar-refractivity contribution is 7.80. The summed E-state index contributed by atoms with van der Waals surface area (Å²) in [7, 11) is 1.69. The zero-order chi connectivity index (χ0) is 19.9. The standard InChI is InChI=1S/C22H29N3O2S/c1-16-12-17(2)14-19(13-16)24-22(28)23-15-21(25-8-10-27-11-9-25)18-4-6-20(26-3)7-5-18/h4-7,12-14,21H,8-11,15H2,1-3H3,(H2,23,24,28)/t21-/m1/s1. The fourth-order valence-corrected chi connectivity index (χ4v) is 3.79. The van der Waals surface area contributed by atoms with Crippen molar-refractivity contribution in [2.24, 2.45) is 0 Å². The largest absolute Gasteiger partial charge is 0.497 e. The Labute approximate surface area is 173 Å². The Kier molecular flexibility index (Phi) is 7.25. The van der Waals surface area contributed by atoms with Crippen molar-refractivity contribution in [1.82, 2.24) is 10.2 Å². The average Bonchev–Trinajstić information content (AvgIpc) is 2.68. The van der Waals surface area contributed by atoms with Crippen LogP contribution in [-0.4, -0.2) is 50.0 Å². The van der Waals surface area contributed by atoms with Crippen molar-refractivity contribution in [1.29, 1.82) is 0 Å². The van der Waals surface area contributed by atoms with Gasteiger partial charge < -0.3 is 20.1 Å². The second-order valence-electron chi connectivity index (χ2n) is 7.15. The first-order chi connectivity index (χ1) is 13.5. The quantitative estimate of drug-likeness (QED) is 0.723. The van der Waals surface area contributed by atoms with E-state index in [0.29, 0.717) is 5.11 Å². The van der Waals surface area contributed by atoms with E-state index >= 15 is 0 Å². The fraction of sp³-hybridized carbons (Fsp3) is 0.409. The van der Waals surface area contributed by atoms with Gasteiger partial charge in [-0.3, -0.25) is 4.90 Å². The van der Waals surface area contributed by atoms with Crippen LogP contribution in [0.1, 0.15) is 22.7 Å². The molecule has 5 nitrogen and oxygen atoms in total. The molecule has 1 saturated heterocycles. The molecular weight excluding hydrogens is 370 g/mol. The zero-order valence-electron chi connectivity index (χ0n) is 16.8. The van der Waals surface area contributed by atoms with Crippen molar-refractivity contribution in [2.45, 2.75) is 19.9 Å². The van der Waals surface area contributed by atoms with Crippen LogP contribution in [0.15, 0.2) is 42.5 Å². The number of nitrogens with one attached hydrogen (secondary N) is 2. The van der Waals surface area contributed by atoms with Gasteiger partial charge in [0.15, 0.2) is 5.11 Å². The van der Waals surface area contributed by atoms with Gasteiger partial charge in [-0.25, -0.2) is 0 Å². The van der Waals surface area contributed by atoms with Crippen LogP contribution in [0.3, 0.4) is 0 Å². The smallest absolute Gasteiger partial charge is 0.170 e. The Bertz CT molecular complexity index is 769. The Balaban J connectivity index is 1.67. The molecule has 2 aromatic carbocycles. The van der Waals surface area contributed by atoms with Gasteiger partial charge in [0.05, 0.1) is 26.4 Å². The monoisotopic (exact) mass is 399 g/mol. The van der Waals surface area contributed by atoms with Crippen LogP contribution < -0.4 is 15.4 Å². The first-order valence-electron chi connectivity index (χ1n) is 9.64. The maximum absolute atomic E-state index is 5.55. The third-order valence-corrected chi connectivity index (χ3v) is 5.17. The average molecular weight is 400 g/mol. The van der Waals surface area contributed by atoms with E-state index in [2.05, 4.69) is 59.7 Å². The second-order valence-corrected chi connectivity index (χ2v) is 7.56. The third-order valence-electron chi connectivity index (χ3n) is 4.92. The number of aryl methyl sites for hydroxylation is 2. The van der Waals surface area contributed by atoms with Gasteiger partial charge in [-0.15, -0.1) is 0 Å². The van der Waals surface area contributed by atoms with Crippen LogP contribution in [0.5, 0.6) is 5.75 Å². The van der Waals surface area contributed by atoms with Gasteiger partial charge in [0.2, 0.25) is 0 Å². The number of nitrogens with zero attached hydrogens (tertiary/aromatic N) is 1. The summed E-state index contributed by atoms with van der Waals surface area (Å²) in [5.74, 6) is 0.865. The van der Waals surface area contributed by atoms with E-state index in [-0.39, 0.29) is 6.04 Å². The Hall–Kier alpha value is -2.15. The third kappa shape index (κ3) is 5.67. The molecule has 0 spiro atoms. The summed E-state index contributed by atoms with van der Waals surface area (Å²) in [5, 5.41) is 7.35. The normalized spacial score (nSPS) is 15.7. The molecule has 0 unspecified atom stereocenters. The van der Waals surface area contributed by atoms with Gasteiger partial charge in [-0.2, -0.15) is 0 Å². The fourth-order valence-electron chi connectivity index (χ4n) is 3.58. The lowest BCUT2D eigenvalue weighted by atomic mass is 10.0. The lowest BCUT2D eigenvalue weighted by Gasteiger charge is -2.35. The number of hydrogen-bond acceptors (Lipinski definition) is 4. The molecule has 1 fully saturated rings. The van der Waals surface area contributed by atoms with E-state index in [9.17, 15) is 0 Å². The topological polar surface area (TPSA) is 45.8 Å². The molecule has 1 atom stereocenters. The van der Waals surface area contributed by atoms with Crippen molar-refractivity contribution >= 4 is 23.0 Å². The van der Waals surface area contributed by atoms with Crippen molar-refractivity contribution in [2.75, 3.05) is 45.3 Å². The Morgan fingerprint density at radius 3 is 2.36 bits per heavy atom. The Morgan fingerprint density at radius 1 is 1.11 bits per heavy atom. The molecule has 0 bridgehead atoms. The van der Waals surface area contributed by atoms with Crippen LogP contribution in [0.25, 0.3) is 0 Å². The van der Waals surface area contributed by atoms with E-state index in [1.807, 2.05) is 12.1 Å². The molecule has 150 valence electrons. The maximum atomic E-state index is 5.55. The molecule has 2 N–H and O–H groups in total. The summed E-state index contributed by atoms with van der Waals surface area (Å²) >= 11 is 5.55. The van der Waals surface area contributed by atoms with Crippen LogP contribution >= 0.6 is 12.2 Å². The molecule has 1 heterocycles. The van der Waals surface area contributed by atoms with E-state index in [1.165, 1.54) is 16.7 Å². The zero-order valence-corrected chi connectivity index (χ0v) is 17.6. The van der Waals surface area contributed by atoms with Gasteiger partial charge in [0.1, 0.15) is 5.75 Å². The minimum absolute atomic E-state index is 0.216. The molecule has 0 saturated carbocycles. The lowest BCUT2D eigenvalue weighted by molar-refractivity contribution is 0.0170. The van der Waals surface area contributed by atoms with Crippen molar-refractivity contribution < 1.29 is 9.47 Å². The van der Waals surface area contributed by atoms with Gasteiger partial charge in [0.25, 0.3) is 0 Å². The summed E-state index contributed by atoms with van der Waals surface area (Å²) in [6.45, 7) is 8.25. The molecule has 1 aliphatic heterocycles.